The lowest BCUT2D eigenvalue weighted by atomic mass is 10.0. The summed E-state index contributed by atoms with van der Waals surface area (Å²) in [4.78, 5) is 27.0. The molecule has 0 bridgehead atoms. The molecule has 5 nitrogen and oxygen atoms in total. The van der Waals surface area contributed by atoms with Crippen LogP contribution < -0.4 is 9.47 Å². The fourth-order valence-corrected chi connectivity index (χ4v) is 4.17. The lowest BCUT2D eigenvalue weighted by molar-refractivity contribution is -0.123. The molecule has 2 aromatic carbocycles. The Hall–Kier alpha value is -2.70. The number of rotatable bonds is 9. The van der Waals surface area contributed by atoms with Crippen molar-refractivity contribution in [2.45, 2.75) is 26.8 Å². The first-order valence-electron chi connectivity index (χ1n) is 10.00. The number of hydrogen-bond acceptors (Lipinski definition) is 5. The van der Waals surface area contributed by atoms with E-state index in [4.69, 9.17) is 21.1 Å². The zero-order chi connectivity index (χ0) is 22.4. The van der Waals surface area contributed by atoms with Gasteiger partial charge in [-0.1, -0.05) is 29.8 Å². The van der Waals surface area contributed by atoms with Crippen LogP contribution in [0.25, 0.3) is 6.08 Å². The zero-order valence-electron chi connectivity index (χ0n) is 17.5. The maximum absolute atomic E-state index is 12.9. The average Bonchev–Trinajstić information content (AvgIpc) is 3.00. The number of imide groups is 1. The maximum atomic E-state index is 12.9. The second kappa shape index (κ2) is 10.6. The SMILES string of the molecule is C=CCc1cc(/C=C2\SC(=O)N(Cc3ccc(Cl)cc3)C2=O)cc(OCC)c1OCC. The first kappa shape index (κ1) is 23.0. The van der Waals surface area contributed by atoms with Crippen molar-refractivity contribution in [1.29, 1.82) is 0 Å². The number of nitrogens with zero attached hydrogens (tertiary/aromatic N) is 1. The molecular formula is C24H24ClNO4S. The Kier molecular flexibility index (Phi) is 7.82. The van der Waals surface area contributed by atoms with Gasteiger partial charge in [-0.25, -0.2) is 0 Å². The third-order valence-electron chi connectivity index (χ3n) is 4.53. The monoisotopic (exact) mass is 457 g/mol. The van der Waals surface area contributed by atoms with Crippen LogP contribution in [0.5, 0.6) is 11.5 Å². The summed E-state index contributed by atoms with van der Waals surface area (Å²) >= 11 is 6.85. The number of thioether (sulfide) groups is 1. The van der Waals surface area contributed by atoms with Crippen LogP contribution >= 0.6 is 23.4 Å². The predicted molar refractivity (Wildman–Crippen MR) is 126 cm³/mol. The van der Waals surface area contributed by atoms with E-state index in [0.29, 0.717) is 41.1 Å². The second-order valence-electron chi connectivity index (χ2n) is 6.76. The van der Waals surface area contributed by atoms with Crippen molar-refractivity contribution in [3.05, 3.63) is 75.7 Å². The highest BCUT2D eigenvalue weighted by Crippen LogP contribution is 2.37. The first-order chi connectivity index (χ1) is 15.0. The number of carbonyl (C=O) groups is 2. The van der Waals surface area contributed by atoms with E-state index in [2.05, 4.69) is 6.58 Å². The van der Waals surface area contributed by atoms with Crippen molar-refractivity contribution < 1.29 is 19.1 Å². The molecule has 0 spiro atoms. The minimum atomic E-state index is -0.318. The molecule has 3 rings (SSSR count). The summed E-state index contributed by atoms with van der Waals surface area (Å²) in [6.07, 6.45) is 4.10. The van der Waals surface area contributed by atoms with Crippen LogP contribution in [0.4, 0.5) is 4.79 Å². The smallest absolute Gasteiger partial charge is 0.293 e. The van der Waals surface area contributed by atoms with Crippen LogP contribution in [-0.4, -0.2) is 29.3 Å². The van der Waals surface area contributed by atoms with Crippen LogP contribution in [-0.2, 0) is 17.8 Å². The molecule has 7 heteroatoms. The van der Waals surface area contributed by atoms with Gasteiger partial charge in [0.1, 0.15) is 0 Å². The number of benzene rings is 2. The Bertz CT molecular complexity index is 1020. The standard InChI is InChI=1S/C24H24ClNO4S/c1-4-7-18-12-17(13-20(29-5-2)22(18)30-6-3)14-21-23(27)26(24(28)31-21)15-16-8-10-19(25)11-9-16/h4,8-14H,1,5-7,15H2,2-3H3/b21-14-. The van der Waals surface area contributed by atoms with Crippen molar-refractivity contribution in [3.8, 4) is 11.5 Å². The molecule has 162 valence electrons. The van der Waals surface area contributed by atoms with Gasteiger partial charge >= 0.3 is 0 Å². The summed E-state index contributed by atoms with van der Waals surface area (Å²) in [5.41, 5.74) is 2.51. The number of halogens is 1. The molecule has 1 fully saturated rings. The summed E-state index contributed by atoms with van der Waals surface area (Å²) < 4.78 is 11.6. The van der Waals surface area contributed by atoms with Gasteiger partial charge in [0.2, 0.25) is 0 Å². The Labute approximate surface area is 191 Å². The molecule has 0 saturated carbocycles. The molecule has 2 amide bonds. The Morgan fingerprint density at radius 1 is 1.10 bits per heavy atom. The van der Waals surface area contributed by atoms with Crippen molar-refractivity contribution in [2.75, 3.05) is 13.2 Å². The van der Waals surface area contributed by atoms with Gasteiger partial charge in [0.25, 0.3) is 11.1 Å². The Morgan fingerprint density at radius 2 is 1.81 bits per heavy atom. The molecule has 2 aromatic rings. The van der Waals surface area contributed by atoms with Crippen molar-refractivity contribution >= 4 is 40.6 Å². The van der Waals surface area contributed by atoms with Gasteiger partial charge in [-0.3, -0.25) is 14.5 Å². The van der Waals surface area contributed by atoms with Gasteiger partial charge in [0.05, 0.1) is 24.7 Å². The Balaban J connectivity index is 1.91. The van der Waals surface area contributed by atoms with E-state index < -0.39 is 0 Å². The van der Waals surface area contributed by atoms with E-state index >= 15 is 0 Å². The summed E-state index contributed by atoms with van der Waals surface area (Å²) in [7, 11) is 0. The lowest BCUT2D eigenvalue weighted by Gasteiger charge is -2.16. The van der Waals surface area contributed by atoms with Crippen LogP contribution in [0.1, 0.15) is 30.5 Å². The van der Waals surface area contributed by atoms with Gasteiger partial charge in [-0.2, -0.15) is 0 Å². The maximum Gasteiger partial charge on any atom is 0.293 e. The molecule has 1 aliphatic heterocycles. The van der Waals surface area contributed by atoms with Gasteiger partial charge in [-0.15, -0.1) is 6.58 Å². The quantitative estimate of drug-likeness (QED) is 0.336. The van der Waals surface area contributed by atoms with Crippen molar-refractivity contribution in [3.63, 3.8) is 0 Å². The third-order valence-corrected chi connectivity index (χ3v) is 5.69. The predicted octanol–water partition coefficient (Wildman–Crippen LogP) is 6.10. The third kappa shape index (κ3) is 5.51. The highest BCUT2D eigenvalue weighted by molar-refractivity contribution is 8.18. The zero-order valence-corrected chi connectivity index (χ0v) is 19.1. The molecule has 0 unspecified atom stereocenters. The molecule has 0 N–H and O–H groups in total. The highest BCUT2D eigenvalue weighted by Gasteiger charge is 2.35. The largest absolute Gasteiger partial charge is 0.490 e. The fraction of sp³-hybridized carbons (Fsp3) is 0.250. The van der Waals surface area contributed by atoms with Gasteiger partial charge in [-0.05, 0) is 73.5 Å². The Morgan fingerprint density at radius 3 is 2.45 bits per heavy atom. The van der Waals surface area contributed by atoms with Crippen LogP contribution in [0.3, 0.4) is 0 Å². The van der Waals surface area contributed by atoms with E-state index in [1.165, 1.54) is 4.90 Å². The minimum Gasteiger partial charge on any atom is -0.490 e. The number of carbonyl (C=O) groups excluding carboxylic acids is 2. The van der Waals surface area contributed by atoms with Gasteiger partial charge in [0, 0.05) is 10.6 Å². The van der Waals surface area contributed by atoms with E-state index in [1.54, 1.807) is 36.4 Å². The fourth-order valence-electron chi connectivity index (χ4n) is 3.20. The molecule has 1 heterocycles. The molecule has 0 atom stereocenters. The number of ether oxygens (including phenoxy) is 2. The van der Waals surface area contributed by atoms with Gasteiger partial charge < -0.3 is 9.47 Å². The highest BCUT2D eigenvalue weighted by atomic mass is 35.5. The average molecular weight is 458 g/mol. The lowest BCUT2D eigenvalue weighted by Crippen LogP contribution is -2.27. The number of hydrogen-bond donors (Lipinski definition) is 0. The van der Waals surface area contributed by atoms with Crippen LogP contribution in [0.15, 0.2) is 54.0 Å². The molecule has 1 aliphatic rings. The summed E-state index contributed by atoms with van der Waals surface area (Å²) in [6, 6.07) is 10.8. The minimum absolute atomic E-state index is 0.203. The van der Waals surface area contributed by atoms with E-state index in [9.17, 15) is 9.59 Å². The van der Waals surface area contributed by atoms with Crippen LogP contribution in [0.2, 0.25) is 5.02 Å². The van der Waals surface area contributed by atoms with E-state index in [1.807, 2.05) is 26.0 Å². The van der Waals surface area contributed by atoms with Crippen molar-refractivity contribution in [2.24, 2.45) is 0 Å². The van der Waals surface area contributed by atoms with Crippen molar-refractivity contribution in [1.82, 2.24) is 4.90 Å². The second-order valence-corrected chi connectivity index (χ2v) is 8.19. The normalized spacial score (nSPS) is 14.9. The van der Waals surface area contributed by atoms with E-state index in [-0.39, 0.29) is 17.7 Å². The topological polar surface area (TPSA) is 55.8 Å². The summed E-state index contributed by atoms with van der Waals surface area (Å²) in [6.45, 7) is 8.82. The number of allylic oxidation sites excluding steroid dienone is 1. The molecule has 1 saturated heterocycles. The van der Waals surface area contributed by atoms with E-state index in [0.717, 1.165) is 28.5 Å². The summed E-state index contributed by atoms with van der Waals surface area (Å²) in [5, 5.41) is 0.308. The molecule has 0 radical (unpaired) electrons. The summed E-state index contributed by atoms with van der Waals surface area (Å²) in [5.74, 6) is 0.967. The first-order valence-corrected chi connectivity index (χ1v) is 11.2. The molecule has 31 heavy (non-hydrogen) atoms. The molecule has 0 aromatic heterocycles. The molecule has 0 aliphatic carbocycles. The van der Waals surface area contributed by atoms with Gasteiger partial charge in [0.15, 0.2) is 11.5 Å². The molecular weight excluding hydrogens is 434 g/mol. The van der Waals surface area contributed by atoms with Crippen LogP contribution in [0, 0.1) is 0 Å². The number of amides is 2.